The predicted molar refractivity (Wildman–Crippen MR) is 72.1 cm³/mol. The molecule has 0 saturated heterocycles. The lowest BCUT2D eigenvalue weighted by molar-refractivity contribution is -0.155. The molecule has 0 N–H and O–H groups in total. The van der Waals surface area contributed by atoms with Crippen LogP contribution in [0.2, 0.25) is 0 Å². The number of benzene rings is 1. The van der Waals surface area contributed by atoms with E-state index in [1.165, 1.54) is 19.3 Å². The van der Waals surface area contributed by atoms with Crippen LogP contribution >= 0.6 is 0 Å². The molecule has 1 saturated carbocycles. The second-order valence-corrected chi connectivity index (χ2v) is 5.08. The summed E-state index contributed by atoms with van der Waals surface area (Å²) in [7, 11) is 0. The lowest BCUT2D eigenvalue weighted by Gasteiger charge is -2.23. The monoisotopic (exact) mass is 246 g/mol. The number of esters is 1. The van der Waals surface area contributed by atoms with Gasteiger partial charge in [0.25, 0.3) is 0 Å². The van der Waals surface area contributed by atoms with E-state index in [4.69, 9.17) is 4.74 Å². The van der Waals surface area contributed by atoms with E-state index in [2.05, 4.69) is 6.92 Å². The van der Waals surface area contributed by atoms with Gasteiger partial charge in [0.2, 0.25) is 0 Å². The number of carbonyl (C=O) groups excluding carboxylic acids is 1. The third-order valence-corrected chi connectivity index (χ3v) is 3.74. The Hall–Kier alpha value is -1.31. The van der Waals surface area contributed by atoms with Gasteiger partial charge in [-0.25, -0.2) is 0 Å². The summed E-state index contributed by atoms with van der Waals surface area (Å²) in [4.78, 5) is 12.1. The highest BCUT2D eigenvalue weighted by molar-refractivity contribution is 5.72. The molecule has 1 atom stereocenters. The molecule has 2 rings (SSSR count). The van der Waals surface area contributed by atoms with E-state index in [1.54, 1.807) is 0 Å². The van der Waals surface area contributed by atoms with E-state index in [0.29, 0.717) is 0 Å². The molecule has 0 aromatic heterocycles. The minimum atomic E-state index is -0.0828. The summed E-state index contributed by atoms with van der Waals surface area (Å²) in [5.41, 5.74) is 1.10. The van der Waals surface area contributed by atoms with E-state index in [-0.39, 0.29) is 18.0 Å². The lowest BCUT2D eigenvalue weighted by atomic mass is 9.89. The predicted octanol–water partition coefficient (Wildman–Crippen LogP) is 4.26. The second-order valence-electron chi connectivity index (χ2n) is 5.08. The van der Waals surface area contributed by atoms with Crippen molar-refractivity contribution in [3.8, 4) is 0 Å². The lowest BCUT2D eigenvalue weighted by Crippen LogP contribution is -2.22. The SMILES string of the molecule is CC[C@@H](OC(=O)C1CCCCC1)c1ccccc1. The summed E-state index contributed by atoms with van der Waals surface area (Å²) in [6.07, 6.45) is 6.36. The maximum absolute atomic E-state index is 12.1. The van der Waals surface area contributed by atoms with Gasteiger partial charge in [-0.2, -0.15) is 0 Å². The fourth-order valence-corrected chi connectivity index (χ4v) is 2.63. The average molecular weight is 246 g/mol. The maximum atomic E-state index is 12.1. The smallest absolute Gasteiger partial charge is 0.309 e. The van der Waals surface area contributed by atoms with Gasteiger partial charge in [-0.15, -0.1) is 0 Å². The van der Waals surface area contributed by atoms with Gasteiger partial charge in [-0.3, -0.25) is 4.79 Å². The Morgan fingerprint density at radius 1 is 1.22 bits per heavy atom. The Labute approximate surface area is 109 Å². The molecule has 98 valence electrons. The van der Waals surface area contributed by atoms with Crippen molar-refractivity contribution < 1.29 is 9.53 Å². The normalized spacial score (nSPS) is 18.3. The van der Waals surface area contributed by atoms with Crippen LogP contribution in [0.1, 0.15) is 57.1 Å². The van der Waals surface area contributed by atoms with Gasteiger partial charge in [0.15, 0.2) is 0 Å². The first kappa shape index (κ1) is 13.1. The highest BCUT2D eigenvalue weighted by atomic mass is 16.5. The zero-order valence-electron chi connectivity index (χ0n) is 11.1. The Morgan fingerprint density at radius 3 is 2.50 bits per heavy atom. The summed E-state index contributed by atoms with van der Waals surface area (Å²) in [5, 5.41) is 0. The van der Waals surface area contributed by atoms with E-state index in [1.807, 2.05) is 30.3 Å². The van der Waals surface area contributed by atoms with Crippen LogP contribution in [0.4, 0.5) is 0 Å². The van der Waals surface area contributed by atoms with E-state index in [9.17, 15) is 4.79 Å². The van der Waals surface area contributed by atoms with Crippen molar-refractivity contribution >= 4 is 5.97 Å². The van der Waals surface area contributed by atoms with Crippen molar-refractivity contribution in [2.45, 2.75) is 51.6 Å². The highest BCUT2D eigenvalue weighted by Gasteiger charge is 2.25. The van der Waals surface area contributed by atoms with Crippen molar-refractivity contribution in [1.29, 1.82) is 0 Å². The van der Waals surface area contributed by atoms with Crippen LogP contribution in [0.15, 0.2) is 30.3 Å². The van der Waals surface area contributed by atoms with Crippen molar-refractivity contribution in [2.24, 2.45) is 5.92 Å². The van der Waals surface area contributed by atoms with Gasteiger partial charge in [0.05, 0.1) is 5.92 Å². The molecule has 1 aliphatic rings. The molecule has 2 nitrogen and oxygen atoms in total. The summed E-state index contributed by atoms with van der Waals surface area (Å²) >= 11 is 0. The fraction of sp³-hybridized carbons (Fsp3) is 0.562. The van der Waals surface area contributed by atoms with Gasteiger partial charge in [-0.1, -0.05) is 56.5 Å². The quantitative estimate of drug-likeness (QED) is 0.742. The molecule has 1 aliphatic carbocycles. The Morgan fingerprint density at radius 2 is 1.89 bits per heavy atom. The number of hydrogen-bond donors (Lipinski definition) is 0. The van der Waals surface area contributed by atoms with E-state index >= 15 is 0 Å². The Bertz CT molecular complexity index is 366. The highest BCUT2D eigenvalue weighted by Crippen LogP contribution is 2.28. The van der Waals surface area contributed by atoms with Gasteiger partial charge >= 0.3 is 5.97 Å². The van der Waals surface area contributed by atoms with Crippen LogP contribution in [-0.4, -0.2) is 5.97 Å². The molecule has 2 heteroatoms. The van der Waals surface area contributed by atoms with Crippen LogP contribution in [0.5, 0.6) is 0 Å². The Kier molecular flexibility index (Phi) is 4.80. The molecule has 0 spiro atoms. The van der Waals surface area contributed by atoms with Crippen LogP contribution in [0.3, 0.4) is 0 Å². The standard InChI is InChI=1S/C16H22O2/c1-2-15(13-9-5-3-6-10-13)18-16(17)14-11-7-4-8-12-14/h3,5-6,9-10,14-15H,2,4,7-8,11-12H2,1H3/t15-/m1/s1. The first-order chi connectivity index (χ1) is 8.81. The first-order valence-corrected chi connectivity index (χ1v) is 7.06. The molecular formula is C16H22O2. The fourth-order valence-electron chi connectivity index (χ4n) is 2.63. The second kappa shape index (κ2) is 6.58. The van der Waals surface area contributed by atoms with Crippen LogP contribution in [0, 0.1) is 5.92 Å². The molecule has 1 aromatic carbocycles. The molecule has 1 aromatic rings. The summed E-state index contributed by atoms with van der Waals surface area (Å²) < 4.78 is 5.69. The molecule has 18 heavy (non-hydrogen) atoms. The Balaban J connectivity index is 1.95. The van der Waals surface area contributed by atoms with Crippen molar-refractivity contribution in [3.63, 3.8) is 0 Å². The molecule has 0 bridgehead atoms. The molecule has 1 fully saturated rings. The number of hydrogen-bond acceptors (Lipinski definition) is 2. The molecule has 0 amide bonds. The summed E-state index contributed by atoms with van der Waals surface area (Å²) in [5.74, 6) is 0.141. The molecule has 0 unspecified atom stereocenters. The van der Waals surface area contributed by atoms with Gasteiger partial charge < -0.3 is 4.74 Å². The summed E-state index contributed by atoms with van der Waals surface area (Å²) in [6, 6.07) is 10.0. The van der Waals surface area contributed by atoms with Crippen molar-refractivity contribution in [2.75, 3.05) is 0 Å². The third kappa shape index (κ3) is 3.34. The molecular weight excluding hydrogens is 224 g/mol. The van der Waals surface area contributed by atoms with Gasteiger partial charge in [0, 0.05) is 0 Å². The van der Waals surface area contributed by atoms with E-state index < -0.39 is 0 Å². The maximum Gasteiger partial charge on any atom is 0.309 e. The minimum absolute atomic E-state index is 0.00500. The third-order valence-electron chi connectivity index (χ3n) is 3.74. The largest absolute Gasteiger partial charge is 0.457 e. The van der Waals surface area contributed by atoms with Crippen LogP contribution in [0.25, 0.3) is 0 Å². The van der Waals surface area contributed by atoms with E-state index in [0.717, 1.165) is 24.8 Å². The minimum Gasteiger partial charge on any atom is -0.457 e. The summed E-state index contributed by atoms with van der Waals surface area (Å²) in [6.45, 7) is 2.06. The molecule has 0 radical (unpaired) electrons. The van der Waals surface area contributed by atoms with Crippen LogP contribution < -0.4 is 0 Å². The topological polar surface area (TPSA) is 26.3 Å². The number of ether oxygens (including phenoxy) is 1. The zero-order valence-corrected chi connectivity index (χ0v) is 11.1. The number of carbonyl (C=O) groups is 1. The van der Waals surface area contributed by atoms with Gasteiger partial charge in [0.1, 0.15) is 6.10 Å². The molecule has 0 aliphatic heterocycles. The zero-order chi connectivity index (χ0) is 12.8. The molecule has 0 heterocycles. The first-order valence-electron chi connectivity index (χ1n) is 7.06. The number of rotatable bonds is 4. The van der Waals surface area contributed by atoms with Crippen molar-refractivity contribution in [1.82, 2.24) is 0 Å². The van der Waals surface area contributed by atoms with Gasteiger partial charge in [-0.05, 0) is 24.8 Å². The van der Waals surface area contributed by atoms with Crippen LogP contribution in [-0.2, 0) is 9.53 Å². The average Bonchev–Trinajstić information content (AvgIpc) is 2.46. The van der Waals surface area contributed by atoms with Crippen molar-refractivity contribution in [3.05, 3.63) is 35.9 Å².